The summed E-state index contributed by atoms with van der Waals surface area (Å²) in [5.74, 6) is -1.89. The van der Waals surface area contributed by atoms with Crippen molar-refractivity contribution in [3.8, 4) is 11.5 Å². The van der Waals surface area contributed by atoms with Gasteiger partial charge in [-0.1, -0.05) is 51.4 Å². The monoisotopic (exact) mass is 609 g/mol. The first-order valence-corrected chi connectivity index (χ1v) is 12.6. The number of ether oxygens (including phenoxy) is 4. The Bertz CT molecular complexity index is 1340. The van der Waals surface area contributed by atoms with Crippen LogP contribution in [0.2, 0.25) is 5.02 Å². The molecule has 9 nitrogen and oxygen atoms in total. The average Bonchev–Trinajstić information content (AvgIpc) is 3.18. The van der Waals surface area contributed by atoms with Crippen molar-refractivity contribution in [2.45, 2.75) is 6.92 Å². The number of thioether (sulfide) groups is 1. The molecule has 0 saturated carbocycles. The van der Waals surface area contributed by atoms with Gasteiger partial charge in [0, 0.05) is 4.47 Å². The number of aliphatic imine (C=N–C) groups is 1. The fraction of sp³-hybridized carbons (Fsp3) is 0.200. The van der Waals surface area contributed by atoms with E-state index >= 15 is 0 Å². The van der Waals surface area contributed by atoms with Gasteiger partial charge >= 0.3 is 11.9 Å². The number of halogens is 2. The Morgan fingerprint density at radius 1 is 1.16 bits per heavy atom. The zero-order valence-corrected chi connectivity index (χ0v) is 23.0. The number of aliphatic hydroxyl groups is 1. The maximum absolute atomic E-state index is 12.8. The fourth-order valence-electron chi connectivity index (χ4n) is 3.05. The van der Waals surface area contributed by atoms with Crippen molar-refractivity contribution >= 4 is 68.3 Å². The molecule has 0 spiro atoms. The maximum Gasteiger partial charge on any atom is 0.344 e. The van der Waals surface area contributed by atoms with Gasteiger partial charge in [-0.15, -0.1) is 0 Å². The highest BCUT2D eigenvalue weighted by molar-refractivity contribution is 9.10. The molecule has 2 aromatic rings. The Kier molecular flexibility index (Phi) is 9.79. The van der Waals surface area contributed by atoms with Gasteiger partial charge in [-0.05, 0) is 42.8 Å². The van der Waals surface area contributed by atoms with Crippen molar-refractivity contribution in [3.05, 3.63) is 73.3 Å². The molecule has 2 aromatic carbocycles. The van der Waals surface area contributed by atoms with Crippen molar-refractivity contribution in [1.82, 2.24) is 0 Å². The number of carbonyl (C=O) groups excluding carboxylic acids is 3. The van der Waals surface area contributed by atoms with Gasteiger partial charge in [0.15, 0.2) is 18.1 Å². The number of hydrogen-bond donors (Lipinski definition) is 1. The summed E-state index contributed by atoms with van der Waals surface area (Å²) in [6, 6.07) is 9.54. The largest absolute Gasteiger partial charge is 0.506 e. The Labute approximate surface area is 230 Å². The third-order valence-electron chi connectivity index (χ3n) is 4.82. The van der Waals surface area contributed by atoms with E-state index in [-0.39, 0.29) is 45.1 Å². The first-order chi connectivity index (χ1) is 17.7. The molecule has 1 amide bonds. The molecule has 0 aromatic heterocycles. The molecular weight excluding hydrogens is 590 g/mol. The van der Waals surface area contributed by atoms with Crippen molar-refractivity contribution in [2.75, 3.05) is 27.4 Å². The van der Waals surface area contributed by atoms with E-state index in [0.717, 1.165) is 11.8 Å². The van der Waals surface area contributed by atoms with Crippen LogP contribution < -0.4 is 9.47 Å². The summed E-state index contributed by atoms with van der Waals surface area (Å²) >= 11 is 10.5. The molecule has 0 saturated heterocycles. The van der Waals surface area contributed by atoms with E-state index < -0.39 is 23.6 Å². The van der Waals surface area contributed by atoms with Gasteiger partial charge in [0.25, 0.3) is 5.91 Å². The van der Waals surface area contributed by atoms with E-state index in [0.29, 0.717) is 15.8 Å². The molecule has 12 heteroatoms. The maximum atomic E-state index is 12.8. The molecule has 1 aliphatic heterocycles. The van der Waals surface area contributed by atoms with E-state index in [9.17, 15) is 19.5 Å². The van der Waals surface area contributed by atoms with Gasteiger partial charge in [-0.3, -0.25) is 4.79 Å². The number of hydrogen-bond acceptors (Lipinski definition) is 9. The predicted octanol–water partition coefficient (Wildman–Crippen LogP) is 5.36. The molecule has 1 N–H and O–H groups in total. The number of carbonyl (C=O) groups is 3. The lowest BCUT2D eigenvalue weighted by atomic mass is 10.1. The van der Waals surface area contributed by atoms with Crippen molar-refractivity contribution < 1.29 is 38.4 Å². The molecule has 1 heterocycles. The van der Waals surface area contributed by atoms with Crippen LogP contribution in [-0.4, -0.2) is 55.4 Å². The van der Waals surface area contributed by atoms with Gasteiger partial charge < -0.3 is 24.1 Å². The minimum absolute atomic E-state index is 0.0340. The van der Waals surface area contributed by atoms with E-state index in [2.05, 4.69) is 25.7 Å². The second-order valence-electron chi connectivity index (χ2n) is 7.15. The van der Waals surface area contributed by atoms with E-state index in [4.69, 9.17) is 25.8 Å². The number of aliphatic hydroxyl groups excluding tert-OH is 1. The molecule has 0 fully saturated rings. The molecule has 0 unspecified atom stereocenters. The van der Waals surface area contributed by atoms with Crippen LogP contribution in [0.15, 0.2) is 62.1 Å². The molecule has 1 aliphatic rings. The van der Waals surface area contributed by atoms with Crippen molar-refractivity contribution in [1.29, 1.82) is 0 Å². The Morgan fingerprint density at radius 2 is 1.89 bits per heavy atom. The van der Waals surface area contributed by atoms with Crippen molar-refractivity contribution in [2.24, 2.45) is 4.99 Å². The summed E-state index contributed by atoms with van der Waals surface area (Å²) < 4.78 is 21.0. The SMILES string of the molecule is CCOC(=O)C1=C(O)/C(=C/c2cc(OC)c(OCC(=O)OC)cc2Br)SC1=NC(=O)c1ccccc1Cl. The highest BCUT2D eigenvalue weighted by Crippen LogP contribution is 2.42. The van der Waals surface area contributed by atoms with Crippen LogP contribution in [0, 0.1) is 0 Å². The van der Waals surface area contributed by atoms with Crippen molar-refractivity contribution in [3.63, 3.8) is 0 Å². The lowest BCUT2D eigenvalue weighted by molar-refractivity contribution is -0.143. The van der Waals surface area contributed by atoms with Gasteiger partial charge in [0.1, 0.15) is 16.4 Å². The minimum Gasteiger partial charge on any atom is -0.506 e. The summed E-state index contributed by atoms with van der Waals surface area (Å²) in [5.41, 5.74) is 0.449. The zero-order chi connectivity index (χ0) is 27.1. The molecule has 0 aliphatic carbocycles. The molecule has 194 valence electrons. The Morgan fingerprint density at radius 3 is 2.54 bits per heavy atom. The molecule has 0 radical (unpaired) electrons. The smallest absolute Gasteiger partial charge is 0.344 e. The van der Waals surface area contributed by atoms with Gasteiger partial charge in [0.2, 0.25) is 0 Å². The second kappa shape index (κ2) is 12.8. The molecule has 37 heavy (non-hydrogen) atoms. The third kappa shape index (κ3) is 6.73. The van der Waals surface area contributed by atoms with Gasteiger partial charge in [-0.2, -0.15) is 0 Å². The number of rotatable bonds is 8. The first kappa shape index (κ1) is 28.3. The summed E-state index contributed by atoms with van der Waals surface area (Å²) in [5, 5.41) is 11.1. The van der Waals surface area contributed by atoms with Crippen LogP contribution in [-0.2, 0) is 19.1 Å². The van der Waals surface area contributed by atoms with Crippen LogP contribution in [0.5, 0.6) is 11.5 Å². The van der Waals surface area contributed by atoms with Crippen LogP contribution in [0.25, 0.3) is 6.08 Å². The van der Waals surface area contributed by atoms with Gasteiger partial charge in [-0.25, -0.2) is 14.6 Å². The minimum atomic E-state index is -0.829. The number of esters is 2. The van der Waals surface area contributed by atoms with E-state index in [1.165, 1.54) is 20.3 Å². The van der Waals surface area contributed by atoms with E-state index in [1.54, 1.807) is 43.3 Å². The zero-order valence-electron chi connectivity index (χ0n) is 19.9. The number of nitrogens with zero attached hydrogens (tertiary/aromatic N) is 1. The summed E-state index contributed by atoms with van der Waals surface area (Å²) in [4.78, 5) is 41.1. The van der Waals surface area contributed by atoms with Crippen LogP contribution in [0.4, 0.5) is 0 Å². The summed E-state index contributed by atoms with van der Waals surface area (Å²) in [7, 11) is 2.67. The first-order valence-electron chi connectivity index (χ1n) is 10.6. The standard InChI is InChI=1S/C25H21BrClNO8S/c1-4-35-25(32)21-22(30)19(37-24(21)28-23(31)14-7-5-6-8-16(14)27)10-13-9-17(33-2)18(11-15(13)26)36-12-20(29)34-3/h5-11,30H,4,12H2,1-3H3/b19-10-,28-24?. The molecular formula is C25H21BrClNO8S. The Balaban J connectivity index is 2.02. The van der Waals surface area contributed by atoms with Crippen LogP contribution >= 0.6 is 39.3 Å². The lowest BCUT2D eigenvalue weighted by Gasteiger charge is -2.12. The second-order valence-corrected chi connectivity index (χ2v) is 9.44. The average molecular weight is 611 g/mol. The third-order valence-corrected chi connectivity index (χ3v) is 6.86. The predicted molar refractivity (Wildman–Crippen MR) is 143 cm³/mol. The van der Waals surface area contributed by atoms with Crippen LogP contribution in [0.1, 0.15) is 22.8 Å². The number of methoxy groups -OCH3 is 2. The topological polar surface area (TPSA) is 121 Å². The lowest BCUT2D eigenvalue weighted by Crippen LogP contribution is -2.14. The van der Waals surface area contributed by atoms with Gasteiger partial charge in [0.05, 0.1) is 36.3 Å². The Hall–Kier alpha value is -3.28. The highest BCUT2D eigenvalue weighted by atomic mass is 79.9. The molecule has 0 atom stereocenters. The van der Waals surface area contributed by atoms with Crippen LogP contribution in [0.3, 0.4) is 0 Å². The highest BCUT2D eigenvalue weighted by Gasteiger charge is 2.34. The summed E-state index contributed by atoms with van der Waals surface area (Å²) in [6.45, 7) is 1.36. The molecule has 3 rings (SSSR count). The summed E-state index contributed by atoms with van der Waals surface area (Å²) in [6.07, 6.45) is 1.57. The quantitative estimate of drug-likeness (QED) is 0.394. The van der Waals surface area contributed by atoms with E-state index in [1.807, 2.05) is 0 Å². The fourth-order valence-corrected chi connectivity index (χ4v) is 4.71. The normalized spacial score (nSPS) is 15.2. The molecule has 0 bridgehead atoms. The number of amides is 1. The number of benzene rings is 2.